The van der Waals surface area contributed by atoms with E-state index in [0.717, 1.165) is 19.2 Å². The minimum absolute atomic E-state index is 0.0394. The summed E-state index contributed by atoms with van der Waals surface area (Å²) in [6, 6.07) is 4.46. The lowest BCUT2D eigenvalue weighted by Gasteiger charge is -2.07. The number of H-pyrrole nitrogens is 2. The molecule has 2 N–H and O–H groups in total. The van der Waals surface area contributed by atoms with E-state index in [2.05, 4.69) is 14.7 Å². The van der Waals surface area contributed by atoms with Crippen molar-refractivity contribution in [1.29, 1.82) is 0 Å². The molecule has 0 unspecified atom stereocenters. The third-order valence-electron chi connectivity index (χ3n) is 2.86. The molecule has 0 spiro atoms. The van der Waals surface area contributed by atoms with Crippen LogP contribution in [-0.2, 0) is 17.3 Å². The number of carbonyl (C=O) groups excluding carboxylic acids is 1. The van der Waals surface area contributed by atoms with E-state index in [-0.39, 0.29) is 17.8 Å². The standard InChI is InChI=1S/C13H11F3N2O3/c1-21-11(19)10-9(17-12(20)18-10)6-7-2-4-8(5-3-7)13(14,15)16/h2-5H,6H2,1H3,(H2,17,18,20). The van der Waals surface area contributed by atoms with Crippen LogP contribution in [0.3, 0.4) is 0 Å². The van der Waals surface area contributed by atoms with Crippen LogP contribution in [-0.4, -0.2) is 23.0 Å². The van der Waals surface area contributed by atoms with Crippen molar-refractivity contribution in [1.82, 2.24) is 9.97 Å². The summed E-state index contributed by atoms with van der Waals surface area (Å²) >= 11 is 0. The largest absolute Gasteiger partial charge is 0.464 e. The average Bonchev–Trinajstić information content (AvgIpc) is 2.78. The quantitative estimate of drug-likeness (QED) is 0.852. The summed E-state index contributed by atoms with van der Waals surface area (Å²) in [5, 5.41) is 0. The van der Waals surface area contributed by atoms with Gasteiger partial charge in [0.25, 0.3) is 0 Å². The van der Waals surface area contributed by atoms with Gasteiger partial charge in [-0.1, -0.05) is 12.1 Å². The molecule has 0 saturated heterocycles. The lowest BCUT2D eigenvalue weighted by molar-refractivity contribution is -0.137. The van der Waals surface area contributed by atoms with Gasteiger partial charge in [-0.05, 0) is 17.7 Å². The van der Waals surface area contributed by atoms with Gasteiger partial charge in [-0.25, -0.2) is 9.59 Å². The maximum Gasteiger partial charge on any atom is 0.416 e. The number of hydrogen-bond donors (Lipinski definition) is 2. The second kappa shape index (κ2) is 5.47. The van der Waals surface area contributed by atoms with Gasteiger partial charge in [0.05, 0.1) is 18.4 Å². The molecule has 2 aromatic rings. The number of ether oxygens (including phenoxy) is 1. The van der Waals surface area contributed by atoms with Gasteiger partial charge >= 0.3 is 17.8 Å². The van der Waals surface area contributed by atoms with Gasteiger partial charge in [0.15, 0.2) is 0 Å². The zero-order valence-corrected chi connectivity index (χ0v) is 10.9. The Kier molecular flexibility index (Phi) is 3.88. The van der Waals surface area contributed by atoms with Gasteiger partial charge in [-0.2, -0.15) is 13.2 Å². The van der Waals surface area contributed by atoms with Crippen molar-refractivity contribution in [3.8, 4) is 0 Å². The number of hydrogen-bond acceptors (Lipinski definition) is 3. The molecule has 112 valence electrons. The van der Waals surface area contributed by atoms with Crippen molar-refractivity contribution < 1.29 is 22.7 Å². The summed E-state index contributed by atoms with van der Waals surface area (Å²) in [4.78, 5) is 27.4. The van der Waals surface area contributed by atoms with Crippen LogP contribution in [0.1, 0.15) is 27.3 Å². The van der Waals surface area contributed by atoms with Crippen LogP contribution < -0.4 is 5.69 Å². The van der Waals surface area contributed by atoms with Crippen molar-refractivity contribution in [2.45, 2.75) is 12.6 Å². The minimum Gasteiger partial charge on any atom is -0.464 e. The second-order valence-electron chi connectivity index (χ2n) is 4.30. The highest BCUT2D eigenvalue weighted by atomic mass is 19.4. The van der Waals surface area contributed by atoms with Crippen LogP contribution in [0.5, 0.6) is 0 Å². The molecule has 1 aromatic heterocycles. The molecule has 1 heterocycles. The van der Waals surface area contributed by atoms with Crippen LogP contribution in [0.15, 0.2) is 29.1 Å². The SMILES string of the molecule is COC(=O)c1[nH]c(=O)[nH]c1Cc1ccc(C(F)(F)F)cc1. The first kappa shape index (κ1) is 14.9. The molecule has 0 aliphatic rings. The molecule has 0 atom stereocenters. The summed E-state index contributed by atoms with van der Waals surface area (Å²) in [5.74, 6) is -0.727. The fourth-order valence-corrected chi connectivity index (χ4v) is 1.84. The molecule has 0 fully saturated rings. The Balaban J connectivity index is 2.27. The molecule has 0 bridgehead atoms. The Morgan fingerprint density at radius 2 is 1.81 bits per heavy atom. The second-order valence-corrected chi connectivity index (χ2v) is 4.30. The first-order valence-electron chi connectivity index (χ1n) is 5.87. The molecular weight excluding hydrogens is 289 g/mol. The van der Waals surface area contributed by atoms with Crippen LogP contribution in [0.25, 0.3) is 0 Å². The molecule has 0 aliphatic heterocycles. The van der Waals surface area contributed by atoms with Crippen LogP contribution in [0.4, 0.5) is 13.2 Å². The van der Waals surface area contributed by atoms with Gasteiger partial charge in [-0.3, -0.25) is 4.98 Å². The van der Waals surface area contributed by atoms with E-state index in [9.17, 15) is 22.8 Å². The number of aromatic amines is 2. The Bertz CT molecular complexity index is 699. The van der Waals surface area contributed by atoms with E-state index in [1.165, 1.54) is 12.1 Å². The van der Waals surface area contributed by atoms with Gasteiger partial charge < -0.3 is 9.72 Å². The smallest absolute Gasteiger partial charge is 0.416 e. The fourth-order valence-electron chi connectivity index (χ4n) is 1.84. The van der Waals surface area contributed by atoms with Gasteiger partial charge in [0.2, 0.25) is 0 Å². The zero-order valence-electron chi connectivity index (χ0n) is 10.9. The molecule has 0 radical (unpaired) electrons. The van der Waals surface area contributed by atoms with Crippen LogP contribution in [0, 0.1) is 0 Å². The van der Waals surface area contributed by atoms with Crippen molar-refractivity contribution >= 4 is 5.97 Å². The minimum atomic E-state index is -4.40. The van der Waals surface area contributed by atoms with E-state index < -0.39 is 23.4 Å². The molecule has 5 nitrogen and oxygen atoms in total. The lowest BCUT2D eigenvalue weighted by atomic mass is 10.1. The summed E-state index contributed by atoms with van der Waals surface area (Å²) in [5.41, 5.74) is -0.614. The van der Waals surface area contributed by atoms with E-state index in [4.69, 9.17) is 0 Å². The monoisotopic (exact) mass is 300 g/mol. The number of aromatic nitrogens is 2. The number of methoxy groups -OCH3 is 1. The topological polar surface area (TPSA) is 75.0 Å². The maximum atomic E-state index is 12.5. The Morgan fingerprint density at radius 1 is 1.19 bits per heavy atom. The molecule has 2 rings (SSSR count). The average molecular weight is 300 g/mol. The third-order valence-corrected chi connectivity index (χ3v) is 2.86. The maximum absolute atomic E-state index is 12.5. The van der Waals surface area contributed by atoms with Crippen LogP contribution in [0.2, 0.25) is 0 Å². The Morgan fingerprint density at radius 3 is 2.33 bits per heavy atom. The number of nitrogens with one attached hydrogen (secondary N) is 2. The molecule has 0 amide bonds. The number of benzene rings is 1. The van der Waals surface area contributed by atoms with Crippen molar-refractivity contribution in [2.24, 2.45) is 0 Å². The molecular formula is C13H11F3N2O3. The predicted octanol–water partition coefficient (Wildman–Crippen LogP) is 2.10. The number of alkyl halides is 3. The summed E-state index contributed by atoms with van der Waals surface area (Å²) < 4.78 is 41.9. The number of rotatable bonds is 3. The Labute approximate surface area is 116 Å². The normalized spacial score (nSPS) is 11.4. The first-order valence-corrected chi connectivity index (χ1v) is 5.87. The highest BCUT2D eigenvalue weighted by molar-refractivity contribution is 5.88. The highest BCUT2D eigenvalue weighted by Crippen LogP contribution is 2.29. The highest BCUT2D eigenvalue weighted by Gasteiger charge is 2.30. The molecule has 0 aliphatic carbocycles. The van der Waals surface area contributed by atoms with Crippen molar-refractivity contribution in [3.05, 3.63) is 57.3 Å². The predicted molar refractivity (Wildman–Crippen MR) is 67.0 cm³/mol. The molecule has 0 saturated carbocycles. The van der Waals surface area contributed by atoms with Gasteiger partial charge in [0, 0.05) is 6.42 Å². The number of imidazole rings is 1. The Hall–Kier alpha value is -2.51. The summed E-state index contributed by atoms with van der Waals surface area (Å²) in [6.45, 7) is 0. The zero-order chi connectivity index (χ0) is 15.6. The molecule has 8 heteroatoms. The first-order chi connectivity index (χ1) is 9.81. The summed E-state index contributed by atoms with van der Waals surface area (Å²) in [7, 11) is 1.16. The summed E-state index contributed by atoms with van der Waals surface area (Å²) in [6.07, 6.45) is -4.31. The van der Waals surface area contributed by atoms with Crippen molar-refractivity contribution in [2.75, 3.05) is 7.11 Å². The fraction of sp³-hybridized carbons (Fsp3) is 0.231. The van der Waals surface area contributed by atoms with E-state index in [1.54, 1.807) is 0 Å². The molecule has 21 heavy (non-hydrogen) atoms. The van der Waals surface area contributed by atoms with Crippen molar-refractivity contribution in [3.63, 3.8) is 0 Å². The third kappa shape index (κ3) is 3.33. The number of halogens is 3. The van der Waals surface area contributed by atoms with Crippen LogP contribution >= 0.6 is 0 Å². The van der Waals surface area contributed by atoms with E-state index in [0.29, 0.717) is 5.56 Å². The number of carbonyl (C=O) groups is 1. The van der Waals surface area contributed by atoms with E-state index >= 15 is 0 Å². The van der Waals surface area contributed by atoms with Gasteiger partial charge in [0.1, 0.15) is 5.69 Å². The lowest BCUT2D eigenvalue weighted by Crippen LogP contribution is -2.07. The number of esters is 1. The molecule has 1 aromatic carbocycles. The van der Waals surface area contributed by atoms with E-state index in [1.807, 2.05) is 0 Å². The van der Waals surface area contributed by atoms with Gasteiger partial charge in [-0.15, -0.1) is 0 Å².